The van der Waals surface area contributed by atoms with E-state index in [1.807, 2.05) is 43.5 Å². The molecule has 2 aromatic carbocycles. The normalized spacial score (nSPS) is 20.8. The first-order valence-corrected chi connectivity index (χ1v) is 16.1. The van der Waals surface area contributed by atoms with E-state index in [1.165, 1.54) is 18.7 Å². The van der Waals surface area contributed by atoms with E-state index >= 15 is 0 Å². The highest BCUT2D eigenvalue weighted by Crippen LogP contribution is 2.20. The molecular formula is C31H39N7O6S. The molecule has 4 atom stereocenters. The van der Waals surface area contributed by atoms with Gasteiger partial charge in [0.1, 0.15) is 36.2 Å². The number of aliphatic hydroxyl groups excluding tert-OH is 1. The summed E-state index contributed by atoms with van der Waals surface area (Å²) in [5, 5.41) is 29.6. The third kappa shape index (κ3) is 9.53. The smallest absolute Gasteiger partial charge is 0.252 e. The number of benzene rings is 2. The molecule has 240 valence electrons. The Bertz CT molecular complexity index is 1480. The molecule has 1 aliphatic heterocycles. The van der Waals surface area contributed by atoms with E-state index in [0.29, 0.717) is 29.3 Å². The predicted octanol–water partition coefficient (Wildman–Crippen LogP) is 0.740. The zero-order valence-corrected chi connectivity index (χ0v) is 26.3. The summed E-state index contributed by atoms with van der Waals surface area (Å²) in [6.07, 6.45) is 2.69. The molecule has 2 heterocycles. The van der Waals surface area contributed by atoms with Gasteiger partial charge in [-0.2, -0.15) is 11.8 Å². The molecule has 0 spiro atoms. The maximum absolute atomic E-state index is 13.5. The molecule has 45 heavy (non-hydrogen) atoms. The number of thioether (sulfide) groups is 1. The molecule has 0 fully saturated rings. The quantitative estimate of drug-likeness (QED) is 0.261. The number of aryl methyl sites for hydroxylation is 1. The van der Waals surface area contributed by atoms with Crippen LogP contribution in [-0.4, -0.2) is 86.6 Å². The predicted molar refractivity (Wildman–Crippen MR) is 168 cm³/mol. The van der Waals surface area contributed by atoms with Gasteiger partial charge in [-0.1, -0.05) is 41.6 Å². The van der Waals surface area contributed by atoms with E-state index in [0.717, 1.165) is 11.1 Å². The third-order valence-electron chi connectivity index (χ3n) is 7.27. The Hall–Kier alpha value is -4.43. The van der Waals surface area contributed by atoms with Crippen LogP contribution in [0.2, 0.25) is 0 Å². The Balaban J connectivity index is 1.64. The fraction of sp³-hybridized carbons (Fsp3) is 0.419. The van der Waals surface area contributed by atoms with Crippen molar-refractivity contribution in [3.8, 4) is 5.75 Å². The highest BCUT2D eigenvalue weighted by Gasteiger charge is 2.32. The number of carbonyl (C=O) groups is 4. The zero-order valence-electron chi connectivity index (χ0n) is 25.5. The molecule has 0 unspecified atom stereocenters. The number of aliphatic hydroxyl groups is 1. The molecule has 4 rings (SSSR count). The number of hydrogen-bond donors (Lipinski definition) is 5. The number of amides is 4. The maximum Gasteiger partial charge on any atom is 0.252 e. The lowest BCUT2D eigenvalue weighted by atomic mass is 10.0. The average Bonchev–Trinajstić information content (AvgIpc) is 3.48. The molecule has 1 aliphatic rings. The Morgan fingerprint density at radius 2 is 1.80 bits per heavy atom. The molecule has 1 aromatic heterocycles. The van der Waals surface area contributed by atoms with Gasteiger partial charge in [0.05, 0.1) is 25.4 Å². The largest absolute Gasteiger partial charge is 0.491 e. The van der Waals surface area contributed by atoms with Crippen LogP contribution in [-0.2, 0) is 33.9 Å². The number of fused-ring (bicyclic) bond motifs is 4. The average molecular weight is 638 g/mol. The Morgan fingerprint density at radius 3 is 2.53 bits per heavy atom. The van der Waals surface area contributed by atoms with Crippen molar-refractivity contribution in [2.75, 3.05) is 18.6 Å². The topological polar surface area (TPSA) is 177 Å². The van der Waals surface area contributed by atoms with Crippen molar-refractivity contribution in [3.05, 3.63) is 77.1 Å². The molecular weight excluding hydrogens is 598 g/mol. The van der Waals surface area contributed by atoms with Gasteiger partial charge in [-0.05, 0) is 55.5 Å². The number of ether oxygens (including phenoxy) is 1. The molecule has 5 N–H and O–H groups in total. The first-order chi connectivity index (χ1) is 21.6. The molecule has 13 nitrogen and oxygen atoms in total. The van der Waals surface area contributed by atoms with Crippen molar-refractivity contribution in [2.45, 2.75) is 64.0 Å². The second-order valence-corrected chi connectivity index (χ2v) is 11.8. The van der Waals surface area contributed by atoms with Gasteiger partial charge in [0.2, 0.25) is 17.7 Å². The van der Waals surface area contributed by atoms with Gasteiger partial charge in [0.15, 0.2) is 0 Å². The number of carbonyl (C=O) groups excluding carboxylic acids is 4. The lowest BCUT2D eigenvalue weighted by molar-refractivity contribution is -0.134. The van der Waals surface area contributed by atoms with E-state index < -0.39 is 47.9 Å². The van der Waals surface area contributed by atoms with Gasteiger partial charge in [-0.15, -0.1) is 5.10 Å². The van der Waals surface area contributed by atoms with E-state index in [2.05, 4.69) is 31.6 Å². The molecule has 4 bridgehead atoms. The minimum absolute atomic E-state index is 0.0590. The summed E-state index contributed by atoms with van der Waals surface area (Å²) in [6.45, 7) is 3.89. The molecule has 14 heteroatoms. The summed E-state index contributed by atoms with van der Waals surface area (Å²) >= 11 is 1.50. The van der Waals surface area contributed by atoms with Crippen molar-refractivity contribution in [3.63, 3.8) is 0 Å². The lowest BCUT2D eigenvalue weighted by Gasteiger charge is -2.27. The van der Waals surface area contributed by atoms with Crippen LogP contribution in [0.25, 0.3) is 0 Å². The monoisotopic (exact) mass is 637 g/mol. The third-order valence-corrected chi connectivity index (χ3v) is 7.91. The van der Waals surface area contributed by atoms with Crippen LogP contribution in [0.1, 0.15) is 40.5 Å². The van der Waals surface area contributed by atoms with Crippen molar-refractivity contribution in [1.82, 2.24) is 36.3 Å². The minimum Gasteiger partial charge on any atom is -0.491 e. The molecule has 0 aliphatic carbocycles. The van der Waals surface area contributed by atoms with Crippen LogP contribution in [0, 0.1) is 6.92 Å². The summed E-state index contributed by atoms with van der Waals surface area (Å²) in [4.78, 5) is 53.6. The van der Waals surface area contributed by atoms with Crippen LogP contribution >= 0.6 is 11.8 Å². The molecule has 3 aromatic rings. The standard InChI is InChI=1S/C31H39N7O6S/c1-19-9-10-22-16-26(19)44-13-12-38-18-23(36-37-38)17-32-29(41)25(15-21-7-5-4-6-8-21)34-31(43)27(20(2)39)35-30(42)24(11-14-45-3)33-28(22)40/h4-10,16,18,20,24-25,27,39H,11-15,17H2,1-3H3,(H,32,41)(H,33,40)(H,34,43)(H,35,42)/t20-,24+,25-,27+/m1/s1. The number of nitrogens with zero attached hydrogens (tertiary/aromatic N) is 3. The van der Waals surface area contributed by atoms with Crippen molar-refractivity contribution < 1.29 is 29.0 Å². The minimum atomic E-state index is -1.40. The summed E-state index contributed by atoms with van der Waals surface area (Å²) in [6, 6.07) is 10.7. The Labute approximate surface area is 265 Å². The van der Waals surface area contributed by atoms with Gasteiger partial charge < -0.3 is 31.1 Å². The van der Waals surface area contributed by atoms with E-state index in [-0.39, 0.29) is 26.0 Å². The maximum atomic E-state index is 13.5. The van der Waals surface area contributed by atoms with Gasteiger partial charge in [0, 0.05) is 12.0 Å². The molecule has 0 radical (unpaired) electrons. The fourth-order valence-corrected chi connectivity index (χ4v) is 5.17. The first-order valence-electron chi connectivity index (χ1n) is 14.7. The second-order valence-electron chi connectivity index (χ2n) is 10.8. The number of nitrogens with one attached hydrogen (secondary N) is 4. The number of hydrogen-bond acceptors (Lipinski definition) is 9. The van der Waals surface area contributed by atoms with Gasteiger partial charge in [-0.25, -0.2) is 4.68 Å². The van der Waals surface area contributed by atoms with E-state index in [4.69, 9.17) is 4.74 Å². The first kappa shape index (κ1) is 33.5. The fourth-order valence-electron chi connectivity index (χ4n) is 4.70. The second kappa shape index (κ2) is 16.0. The SMILES string of the molecule is CSCC[C@@H]1NC(=O)c2ccc(C)c(c2)OCCn2cc(nn2)CNC(=O)[C@@H](Cc2ccccc2)NC(=O)[C@H]([C@@H](C)O)NC1=O. The van der Waals surface area contributed by atoms with Gasteiger partial charge in [0.25, 0.3) is 5.91 Å². The summed E-state index contributed by atoms with van der Waals surface area (Å²) in [5.41, 5.74) is 2.41. The zero-order chi connectivity index (χ0) is 32.3. The van der Waals surface area contributed by atoms with Crippen molar-refractivity contribution in [1.29, 1.82) is 0 Å². The van der Waals surface area contributed by atoms with Crippen LogP contribution in [0.15, 0.2) is 54.7 Å². The Kier molecular flexibility index (Phi) is 11.9. The van der Waals surface area contributed by atoms with Gasteiger partial charge in [-0.3, -0.25) is 19.2 Å². The lowest BCUT2D eigenvalue weighted by Crippen LogP contribution is -2.60. The number of rotatable bonds is 6. The van der Waals surface area contributed by atoms with Crippen LogP contribution in [0.4, 0.5) is 0 Å². The highest BCUT2D eigenvalue weighted by molar-refractivity contribution is 7.98. The summed E-state index contributed by atoms with van der Waals surface area (Å²) < 4.78 is 7.53. The van der Waals surface area contributed by atoms with Crippen molar-refractivity contribution >= 4 is 35.4 Å². The molecule has 4 amide bonds. The Morgan fingerprint density at radius 1 is 1.02 bits per heavy atom. The molecule has 0 saturated heterocycles. The number of aromatic nitrogens is 3. The van der Waals surface area contributed by atoms with E-state index in [1.54, 1.807) is 29.1 Å². The van der Waals surface area contributed by atoms with Crippen LogP contribution < -0.4 is 26.0 Å². The van der Waals surface area contributed by atoms with Crippen LogP contribution in [0.5, 0.6) is 5.75 Å². The van der Waals surface area contributed by atoms with Crippen molar-refractivity contribution in [2.24, 2.45) is 0 Å². The summed E-state index contributed by atoms with van der Waals surface area (Å²) in [7, 11) is 0. The van der Waals surface area contributed by atoms with Crippen LogP contribution in [0.3, 0.4) is 0 Å². The molecule has 0 saturated carbocycles. The van der Waals surface area contributed by atoms with E-state index in [9.17, 15) is 24.3 Å². The summed E-state index contributed by atoms with van der Waals surface area (Å²) in [5.74, 6) is -1.31. The highest BCUT2D eigenvalue weighted by atomic mass is 32.2. The van der Waals surface area contributed by atoms with Gasteiger partial charge >= 0.3 is 0 Å².